The van der Waals surface area contributed by atoms with Gasteiger partial charge in [-0.2, -0.15) is 0 Å². The van der Waals surface area contributed by atoms with Crippen molar-refractivity contribution in [1.82, 2.24) is 25.4 Å². The molecule has 2 N–H and O–H groups in total. The maximum Gasteiger partial charge on any atom is 0.191 e. The Morgan fingerprint density at radius 2 is 2.12 bits per heavy atom. The molecule has 0 spiro atoms. The van der Waals surface area contributed by atoms with Crippen LogP contribution in [0.3, 0.4) is 0 Å². The zero-order chi connectivity index (χ0) is 17.2. The van der Waals surface area contributed by atoms with E-state index in [1.807, 2.05) is 6.20 Å². The van der Waals surface area contributed by atoms with Gasteiger partial charge in [0.15, 0.2) is 5.96 Å². The molecule has 1 aromatic heterocycles. The summed E-state index contributed by atoms with van der Waals surface area (Å²) in [6.07, 6.45) is 4.33. The van der Waals surface area contributed by atoms with Crippen molar-refractivity contribution in [3.63, 3.8) is 0 Å². The van der Waals surface area contributed by atoms with Crippen molar-refractivity contribution in [2.45, 2.75) is 33.2 Å². The molecule has 0 aliphatic carbocycles. The molecule has 25 heavy (non-hydrogen) atoms. The molecule has 144 valence electrons. The SMILES string of the molecule is CCNC(=NCc1ncc(C)s1)NCCCN1CCCN(C)CC1.I. The third-order valence-electron chi connectivity index (χ3n) is 4.14. The summed E-state index contributed by atoms with van der Waals surface area (Å²) < 4.78 is 0. The molecule has 0 bridgehead atoms. The molecule has 0 radical (unpaired) electrons. The van der Waals surface area contributed by atoms with E-state index in [2.05, 4.69) is 51.3 Å². The van der Waals surface area contributed by atoms with E-state index >= 15 is 0 Å². The number of thiazole rings is 1. The lowest BCUT2D eigenvalue weighted by Gasteiger charge is -2.20. The average Bonchev–Trinajstić information content (AvgIpc) is 2.87. The predicted molar refractivity (Wildman–Crippen MR) is 118 cm³/mol. The van der Waals surface area contributed by atoms with Crippen molar-refractivity contribution in [3.05, 3.63) is 16.1 Å². The van der Waals surface area contributed by atoms with Gasteiger partial charge in [-0.25, -0.2) is 9.98 Å². The van der Waals surface area contributed by atoms with Gasteiger partial charge in [0.2, 0.25) is 0 Å². The Labute approximate surface area is 173 Å². The highest BCUT2D eigenvalue weighted by Crippen LogP contribution is 2.11. The van der Waals surface area contributed by atoms with Crippen molar-refractivity contribution in [1.29, 1.82) is 0 Å². The number of rotatable bonds is 7. The second kappa shape index (κ2) is 12.8. The highest BCUT2D eigenvalue weighted by atomic mass is 127. The summed E-state index contributed by atoms with van der Waals surface area (Å²) in [5.74, 6) is 0.890. The second-order valence-corrected chi connectivity index (χ2v) is 7.66. The standard InChI is InChI=1S/C17H32N6S.HI/c1-4-18-17(21-14-16-20-13-15(2)24-16)19-7-5-9-23-10-6-8-22(3)11-12-23;/h13H,4-12,14H2,1-3H3,(H2,18,19,21);1H. The molecule has 0 atom stereocenters. The zero-order valence-corrected chi connectivity index (χ0v) is 18.9. The fraction of sp³-hybridized carbons (Fsp3) is 0.765. The van der Waals surface area contributed by atoms with E-state index in [1.54, 1.807) is 11.3 Å². The van der Waals surface area contributed by atoms with Gasteiger partial charge in [0.1, 0.15) is 5.01 Å². The van der Waals surface area contributed by atoms with Gasteiger partial charge in [-0.05, 0) is 53.4 Å². The fourth-order valence-electron chi connectivity index (χ4n) is 2.80. The smallest absolute Gasteiger partial charge is 0.191 e. The maximum atomic E-state index is 4.63. The van der Waals surface area contributed by atoms with Crippen LogP contribution in [-0.2, 0) is 6.54 Å². The number of halogens is 1. The normalized spacial score (nSPS) is 17.0. The maximum absolute atomic E-state index is 4.63. The van der Waals surface area contributed by atoms with E-state index in [0.717, 1.165) is 37.0 Å². The van der Waals surface area contributed by atoms with Gasteiger partial charge in [0.05, 0.1) is 6.54 Å². The molecule has 2 heterocycles. The number of hydrogen-bond donors (Lipinski definition) is 2. The number of nitrogens with zero attached hydrogens (tertiary/aromatic N) is 4. The van der Waals surface area contributed by atoms with Crippen molar-refractivity contribution < 1.29 is 0 Å². The quantitative estimate of drug-likeness (QED) is 0.271. The number of nitrogens with one attached hydrogen (secondary N) is 2. The first-order valence-electron chi connectivity index (χ1n) is 9.01. The summed E-state index contributed by atoms with van der Waals surface area (Å²) >= 11 is 1.71. The van der Waals surface area contributed by atoms with Crippen molar-refractivity contribution >= 4 is 41.3 Å². The van der Waals surface area contributed by atoms with Gasteiger partial charge < -0.3 is 20.4 Å². The molecule has 0 aromatic carbocycles. The highest BCUT2D eigenvalue weighted by molar-refractivity contribution is 14.0. The summed E-state index contributed by atoms with van der Waals surface area (Å²) in [6, 6.07) is 0. The molecule has 6 nitrogen and oxygen atoms in total. The number of likely N-dealkylation sites (N-methyl/N-ethyl adjacent to an activating group) is 1. The van der Waals surface area contributed by atoms with E-state index < -0.39 is 0 Å². The van der Waals surface area contributed by atoms with Crippen LogP contribution < -0.4 is 10.6 Å². The Morgan fingerprint density at radius 3 is 2.84 bits per heavy atom. The lowest BCUT2D eigenvalue weighted by Crippen LogP contribution is -2.39. The van der Waals surface area contributed by atoms with Crippen LogP contribution >= 0.6 is 35.3 Å². The molecule has 1 saturated heterocycles. The van der Waals surface area contributed by atoms with Crippen molar-refractivity contribution in [3.8, 4) is 0 Å². The monoisotopic (exact) mass is 480 g/mol. The topological polar surface area (TPSA) is 55.8 Å². The molecule has 0 unspecified atom stereocenters. The average molecular weight is 480 g/mol. The number of hydrogen-bond acceptors (Lipinski definition) is 5. The molecule has 1 aliphatic rings. The summed E-state index contributed by atoms with van der Waals surface area (Å²) in [5.41, 5.74) is 0. The molecule has 1 aromatic rings. The Morgan fingerprint density at radius 1 is 1.28 bits per heavy atom. The minimum Gasteiger partial charge on any atom is -0.357 e. The van der Waals surface area contributed by atoms with Gasteiger partial charge in [0, 0.05) is 37.3 Å². The lowest BCUT2D eigenvalue weighted by atomic mass is 10.3. The molecular formula is C17H33IN6S. The van der Waals surface area contributed by atoms with Crippen LogP contribution in [0.1, 0.15) is 29.7 Å². The fourth-order valence-corrected chi connectivity index (χ4v) is 3.51. The van der Waals surface area contributed by atoms with Crippen LogP contribution in [-0.4, -0.2) is 73.6 Å². The van der Waals surface area contributed by atoms with Crippen LogP contribution in [0.5, 0.6) is 0 Å². The van der Waals surface area contributed by atoms with Gasteiger partial charge >= 0.3 is 0 Å². The Bertz CT molecular complexity index is 507. The molecule has 1 aliphatic heterocycles. The van der Waals surface area contributed by atoms with Gasteiger partial charge in [-0.1, -0.05) is 0 Å². The van der Waals surface area contributed by atoms with E-state index in [4.69, 9.17) is 0 Å². The molecule has 0 amide bonds. The molecule has 1 fully saturated rings. The predicted octanol–water partition coefficient (Wildman–Crippen LogP) is 2.15. The molecule has 0 saturated carbocycles. The van der Waals surface area contributed by atoms with E-state index in [0.29, 0.717) is 6.54 Å². The van der Waals surface area contributed by atoms with Crippen LogP contribution in [0.2, 0.25) is 0 Å². The molecule has 2 rings (SSSR count). The zero-order valence-electron chi connectivity index (χ0n) is 15.8. The molecular weight excluding hydrogens is 447 g/mol. The van der Waals surface area contributed by atoms with E-state index in [1.165, 1.54) is 37.5 Å². The second-order valence-electron chi connectivity index (χ2n) is 6.34. The van der Waals surface area contributed by atoms with Gasteiger partial charge in [0.25, 0.3) is 0 Å². The third-order valence-corrected chi connectivity index (χ3v) is 5.04. The van der Waals surface area contributed by atoms with Gasteiger partial charge in [-0.3, -0.25) is 0 Å². The number of guanidine groups is 1. The number of aliphatic imine (C=N–C) groups is 1. The summed E-state index contributed by atoms with van der Waals surface area (Å²) in [6.45, 7) is 12.6. The van der Waals surface area contributed by atoms with Crippen molar-refractivity contribution in [2.24, 2.45) is 4.99 Å². The minimum absolute atomic E-state index is 0. The van der Waals surface area contributed by atoms with E-state index in [9.17, 15) is 0 Å². The van der Waals surface area contributed by atoms with Crippen LogP contribution in [0.15, 0.2) is 11.2 Å². The van der Waals surface area contributed by atoms with Crippen LogP contribution in [0.4, 0.5) is 0 Å². The third kappa shape index (κ3) is 9.16. The number of aryl methyl sites for hydroxylation is 1. The van der Waals surface area contributed by atoms with Crippen LogP contribution in [0.25, 0.3) is 0 Å². The number of aromatic nitrogens is 1. The summed E-state index contributed by atoms with van der Waals surface area (Å²) in [5, 5.41) is 7.82. The first kappa shape index (κ1) is 22.6. The first-order chi connectivity index (χ1) is 11.7. The van der Waals surface area contributed by atoms with E-state index in [-0.39, 0.29) is 24.0 Å². The highest BCUT2D eigenvalue weighted by Gasteiger charge is 2.11. The van der Waals surface area contributed by atoms with Crippen molar-refractivity contribution in [2.75, 3.05) is 52.9 Å². The van der Waals surface area contributed by atoms with Crippen LogP contribution in [0, 0.1) is 6.92 Å². The minimum atomic E-state index is 0. The van der Waals surface area contributed by atoms with Gasteiger partial charge in [-0.15, -0.1) is 35.3 Å². The molecule has 8 heteroatoms. The largest absolute Gasteiger partial charge is 0.357 e. The lowest BCUT2D eigenvalue weighted by molar-refractivity contribution is 0.274. The first-order valence-corrected chi connectivity index (χ1v) is 9.83. The summed E-state index contributed by atoms with van der Waals surface area (Å²) in [4.78, 5) is 15.2. The summed E-state index contributed by atoms with van der Waals surface area (Å²) in [7, 11) is 2.22. The Hall–Kier alpha value is -0.450. The Kier molecular flexibility index (Phi) is 11.6. The Balaban J connectivity index is 0.00000312.